The van der Waals surface area contributed by atoms with Crippen LogP contribution in [0.5, 0.6) is 0 Å². The average molecular weight is 271 g/mol. The molecule has 2 rings (SSSR count). The number of hydrogen-bond acceptors (Lipinski definition) is 3. The van der Waals surface area contributed by atoms with Crippen LogP contribution in [0.2, 0.25) is 0 Å². The summed E-state index contributed by atoms with van der Waals surface area (Å²) in [4.78, 5) is 16.4. The third-order valence-electron chi connectivity index (χ3n) is 3.86. The fourth-order valence-electron chi connectivity index (χ4n) is 2.70. The number of hydrogen-bond donors (Lipinski definition) is 2. The highest BCUT2D eigenvalue weighted by atomic mass is 16.1. The van der Waals surface area contributed by atoms with Crippen molar-refractivity contribution in [2.75, 3.05) is 6.54 Å². The summed E-state index contributed by atoms with van der Waals surface area (Å²) in [6.45, 7) is 2.36. The predicted molar refractivity (Wildman–Crippen MR) is 79.1 cm³/mol. The van der Waals surface area contributed by atoms with Gasteiger partial charge in [0.05, 0.1) is 17.7 Å². The van der Waals surface area contributed by atoms with Crippen LogP contribution in [0.1, 0.15) is 48.5 Å². The molecule has 106 valence electrons. The minimum Gasteiger partial charge on any atom is -0.349 e. The monoisotopic (exact) mass is 271 g/mol. The van der Waals surface area contributed by atoms with Crippen LogP contribution in [0, 0.1) is 17.8 Å². The lowest BCUT2D eigenvalue weighted by Crippen LogP contribution is -2.37. The van der Waals surface area contributed by atoms with Gasteiger partial charge >= 0.3 is 0 Å². The van der Waals surface area contributed by atoms with Crippen molar-refractivity contribution in [1.29, 1.82) is 0 Å². The number of aromatic nitrogens is 1. The predicted octanol–water partition coefficient (Wildman–Crippen LogP) is 1.70. The first kappa shape index (κ1) is 14.5. The Balaban J connectivity index is 2.08. The van der Waals surface area contributed by atoms with E-state index in [9.17, 15) is 4.79 Å². The highest BCUT2D eigenvalue weighted by molar-refractivity contribution is 5.96. The van der Waals surface area contributed by atoms with Crippen molar-refractivity contribution in [1.82, 2.24) is 10.3 Å². The van der Waals surface area contributed by atoms with Gasteiger partial charge < -0.3 is 11.1 Å². The lowest BCUT2D eigenvalue weighted by Gasteiger charge is -2.20. The number of rotatable bonds is 3. The van der Waals surface area contributed by atoms with Gasteiger partial charge in [-0.05, 0) is 31.7 Å². The fraction of sp³-hybridized carbons (Fsp3) is 0.500. The van der Waals surface area contributed by atoms with Gasteiger partial charge in [-0.2, -0.15) is 0 Å². The van der Waals surface area contributed by atoms with Crippen LogP contribution in [-0.4, -0.2) is 23.5 Å². The summed E-state index contributed by atoms with van der Waals surface area (Å²) in [5, 5.41) is 3.09. The molecule has 0 spiro atoms. The topological polar surface area (TPSA) is 68.0 Å². The van der Waals surface area contributed by atoms with E-state index in [0.29, 0.717) is 17.0 Å². The summed E-state index contributed by atoms with van der Waals surface area (Å²) in [5.74, 6) is 6.19. The van der Waals surface area contributed by atoms with Gasteiger partial charge in [0.15, 0.2) is 0 Å². The molecule has 1 aliphatic carbocycles. The van der Waals surface area contributed by atoms with Crippen LogP contribution >= 0.6 is 0 Å². The van der Waals surface area contributed by atoms with Crippen molar-refractivity contribution < 1.29 is 4.79 Å². The van der Waals surface area contributed by atoms with Gasteiger partial charge in [-0.1, -0.05) is 24.7 Å². The lowest BCUT2D eigenvalue weighted by molar-refractivity contribution is 0.0927. The Morgan fingerprint density at radius 3 is 3.00 bits per heavy atom. The lowest BCUT2D eigenvalue weighted by atomic mass is 9.99. The normalized spacial score (nSPS) is 16.3. The minimum absolute atomic E-state index is 0.0758. The average Bonchev–Trinajstić information content (AvgIpc) is 2.99. The molecule has 4 heteroatoms. The van der Waals surface area contributed by atoms with E-state index in [4.69, 9.17) is 5.73 Å². The quantitative estimate of drug-likeness (QED) is 0.822. The summed E-state index contributed by atoms with van der Waals surface area (Å²) in [6.07, 6.45) is 8.18. The minimum atomic E-state index is -0.0758. The molecule has 20 heavy (non-hydrogen) atoms. The van der Waals surface area contributed by atoms with Crippen molar-refractivity contribution in [3.05, 3.63) is 29.6 Å². The first-order chi connectivity index (χ1) is 9.72. The smallest absolute Gasteiger partial charge is 0.252 e. The summed E-state index contributed by atoms with van der Waals surface area (Å²) >= 11 is 0. The van der Waals surface area contributed by atoms with E-state index in [2.05, 4.69) is 29.1 Å². The van der Waals surface area contributed by atoms with Gasteiger partial charge in [0.25, 0.3) is 5.91 Å². The van der Waals surface area contributed by atoms with Crippen molar-refractivity contribution in [2.24, 2.45) is 11.7 Å². The number of amides is 1. The van der Waals surface area contributed by atoms with Crippen molar-refractivity contribution in [2.45, 2.75) is 38.6 Å². The van der Waals surface area contributed by atoms with E-state index in [1.165, 1.54) is 25.7 Å². The molecule has 0 bridgehead atoms. The van der Waals surface area contributed by atoms with Gasteiger partial charge in [0.2, 0.25) is 0 Å². The standard InChI is InChI=1S/C16H21N3O/c1-12(13-5-2-3-6-13)19-16(20)15-8-10-18-11-14(15)7-4-9-17/h8,10-13H,2-3,5-6,9,17H2,1H3,(H,19,20). The van der Waals surface area contributed by atoms with Crippen LogP contribution in [0.25, 0.3) is 0 Å². The largest absolute Gasteiger partial charge is 0.349 e. The third kappa shape index (κ3) is 3.58. The van der Waals surface area contributed by atoms with E-state index in [-0.39, 0.29) is 18.5 Å². The maximum absolute atomic E-state index is 12.4. The van der Waals surface area contributed by atoms with Crippen LogP contribution in [0.4, 0.5) is 0 Å². The second-order valence-corrected chi connectivity index (χ2v) is 5.23. The van der Waals surface area contributed by atoms with Crippen LogP contribution in [-0.2, 0) is 0 Å². The molecule has 0 aromatic carbocycles. The fourth-order valence-corrected chi connectivity index (χ4v) is 2.70. The molecule has 1 aliphatic rings. The van der Waals surface area contributed by atoms with Crippen LogP contribution in [0.15, 0.2) is 18.5 Å². The molecule has 1 heterocycles. The number of pyridine rings is 1. The molecule has 3 N–H and O–H groups in total. The number of nitrogens with one attached hydrogen (secondary N) is 1. The highest BCUT2D eigenvalue weighted by Gasteiger charge is 2.23. The second-order valence-electron chi connectivity index (χ2n) is 5.23. The Morgan fingerprint density at radius 1 is 1.55 bits per heavy atom. The molecule has 1 unspecified atom stereocenters. The van der Waals surface area contributed by atoms with E-state index in [1.807, 2.05) is 0 Å². The zero-order chi connectivity index (χ0) is 14.4. The maximum Gasteiger partial charge on any atom is 0.252 e. The Kier molecular flexibility index (Phi) is 5.14. The molecule has 0 aliphatic heterocycles. The van der Waals surface area contributed by atoms with Crippen molar-refractivity contribution >= 4 is 5.91 Å². The number of carbonyl (C=O) groups is 1. The first-order valence-electron chi connectivity index (χ1n) is 7.16. The van der Waals surface area contributed by atoms with Gasteiger partial charge in [-0.15, -0.1) is 0 Å². The second kappa shape index (κ2) is 7.06. The first-order valence-corrected chi connectivity index (χ1v) is 7.16. The van der Waals surface area contributed by atoms with Gasteiger partial charge in [0.1, 0.15) is 0 Å². The molecule has 1 saturated carbocycles. The molecular formula is C16H21N3O. The van der Waals surface area contributed by atoms with Gasteiger partial charge in [0, 0.05) is 18.4 Å². The molecule has 4 nitrogen and oxygen atoms in total. The number of carbonyl (C=O) groups excluding carboxylic acids is 1. The van der Waals surface area contributed by atoms with Crippen molar-refractivity contribution in [3.63, 3.8) is 0 Å². The number of nitrogens with zero attached hydrogens (tertiary/aromatic N) is 1. The van der Waals surface area contributed by atoms with Crippen LogP contribution < -0.4 is 11.1 Å². The van der Waals surface area contributed by atoms with Crippen LogP contribution in [0.3, 0.4) is 0 Å². The number of nitrogens with two attached hydrogens (primary N) is 1. The molecule has 1 atom stereocenters. The molecular weight excluding hydrogens is 250 g/mol. The van der Waals surface area contributed by atoms with E-state index in [1.54, 1.807) is 18.5 Å². The molecule has 1 aromatic rings. The Hall–Kier alpha value is -1.86. The molecule has 0 radical (unpaired) electrons. The zero-order valence-electron chi connectivity index (χ0n) is 11.9. The van der Waals surface area contributed by atoms with E-state index in [0.717, 1.165) is 0 Å². The van der Waals surface area contributed by atoms with Gasteiger partial charge in [-0.25, -0.2) is 0 Å². The molecule has 0 saturated heterocycles. The van der Waals surface area contributed by atoms with E-state index < -0.39 is 0 Å². The summed E-state index contributed by atoms with van der Waals surface area (Å²) < 4.78 is 0. The Morgan fingerprint density at radius 2 is 2.30 bits per heavy atom. The SMILES string of the molecule is CC(NC(=O)c1ccncc1C#CCN)C1CCCC1. The summed E-state index contributed by atoms with van der Waals surface area (Å²) in [5.41, 5.74) is 6.58. The molecule has 1 aromatic heterocycles. The highest BCUT2D eigenvalue weighted by Crippen LogP contribution is 2.27. The Bertz CT molecular complexity index is 524. The van der Waals surface area contributed by atoms with E-state index >= 15 is 0 Å². The van der Waals surface area contributed by atoms with Gasteiger partial charge in [-0.3, -0.25) is 9.78 Å². The molecule has 1 fully saturated rings. The van der Waals surface area contributed by atoms with Crippen molar-refractivity contribution in [3.8, 4) is 11.8 Å². The summed E-state index contributed by atoms with van der Waals surface area (Å²) in [6, 6.07) is 1.91. The summed E-state index contributed by atoms with van der Waals surface area (Å²) in [7, 11) is 0. The third-order valence-corrected chi connectivity index (χ3v) is 3.86. The Labute approximate surface area is 120 Å². The zero-order valence-corrected chi connectivity index (χ0v) is 11.9. The maximum atomic E-state index is 12.4. The molecule has 1 amide bonds.